The molecule has 1 saturated carbocycles. The summed E-state index contributed by atoms with van der Waals surface area (Å²) in [7, 11) is 2.96. The first-order valence-electron chi connectivity index (χ1n) is 19.6. The lowest BCUT2D eigenvalue weighted by Crippen LogP contribution is -2.59. The van der Waals surface area contributed by atoms with Crippen LogP contribution >= 0.6 is 0 Å². The van der Waals surface area contributed by atoms with E-state index in [1.54, 1.807) is 50.2 Å². The Bertz CT molecular complexity index is 1890. The van der Waals surface area contributed by atoms with Crippen LogP contribution in [0.15, 0.2) is 42.6 Å². The zero-order chi connectivity index (χ0) is 41.1. The number of hydrogen-bond acceptors (Lipinski definition) is 10. The molecule has 57 heavy (non-hydrogen) atoms. The van der Waals surface area contributed by atoms with Crippen LogP contribution in [0.25, 0.3) is 0 Å². The summed E-state index contributed by atoms with van der Waals surface area (Å²) in [5, 5.41) is 28.9. The molecule has 6 N–H and O–H groups in total. The third-order valence-electron chi connectivity index (χ3n) is 10.4. The lowest BCUT2D eigenvalue weighted by molar-refractivity contribution is -0.135. The fourth-order valence-electron chi connectivity index (χ4n) is 7.21. The van der Waals surface area contributed by atoms with Gasteiger partial charge >= 0.3 is 0 Å². The predicted octanol–water partition coefficient (Wildman–Crippen LogP) is 3.56. The fraction of sp³-hybridized carbons (Fsp3) is 0.512. The van der Waals surface area contributed by atoms with Gasteiger partial charge in [0.25, 0.3) is 11.8 Å². The number of fused-ring (bicyclic) bond motifs is 3. The number of H-pyrrole nitrogens is 1. The molecule has 2 bridgehead atoms. The number of carbonyl (C=O) groups is 5. The first-order valence-corrected chi connectivity index (χ1v) is 19.6. The van der Waals surface area contributed by atoms with Gasteiger partial charge < -0.3 is 45.5 Å². The fourth-order valence-corrected chi connectivity index (χ4v) is 7.21. The Morgan fingerprint density at radius 1 is 0.877 bits per heavy atom. The normalized spacial score (nSPS) is 20.2. The molecule has 3 aromatic rings. The standard InChI is InChI=1S/C41H55N7O9/c1-24(2)35-39(52)43-21-28-30(55-4)14-11-15-31(28)57-33-20-27(16-17-32(33)56-5)38(51)42-18-9-10-19-48(23-34(50)45-36(25(3)49)40(53)46-35)41(54)29-22-44-47-37(29)26-12-7-6-8-13-26/h11,14-17,20,22,24-26,35-36,49H,6-10,12-13,18-19,21,23H2,1-5H3,(H,42,51)(H,43,52)(H,44,47)(H,45,50)(H,46,53)/t25-,35-,36+/m1/s1. The summed E-state index contributed by atoms with van der Waals surface area (Å²) in [4.78, 5) is 69.9. The Morgan fingerprint density at radius 3 is 2.33 bits per heavy atom. The molecule has 2 heterocycles. The van der Waals surface area contributed by atoms with E-state index in [1.807, 2.05) is 0 Å². The van der Waals surface area contributed by atoms with Crippen molar-refractivity contribution in [3.05, 3.63) is 65.0 Å². The van der Waals surface area contributed by atoms with E-state index in [2.05, 4.69) is 31.5 Å². The van der Waals surface area contributed by atoms with E-state index in [-0.39, 0.29) is 37.2 Å². The second-order valence-corrected chi connectivity index (χ2v) is 14.9. The highest BCUT2D eigenvalue weighted by Crippen LogP contribution is 2.37. The van der Waals surface area contributed by atoms with Crippen molar-refractivity contribution in [3.63, 3.8) is 0 Å². The van der Waals surface area contributed by atoms with Gasteiger partial charge in [0.15, 0.2) is 11.5 Å². The van der Waals surface area contributed by atoms with Crippen LogP contribution in [0.3, 0.4) is 0 Å². The zero-order valence-electron chi connectivity index (χ0n) is 33.3. The van der Waals surface area contributed by atoms with Crippen molar-refractivity contribution in [2.75, 3.05) is 33.9 Å². The van der Waals surface area contributed by atoms with E-state index >= 15 is 0 Å². The van der Waals surface area contributed by atoms with Crippen LogP contribution in [0, 0.1) is 5.92 Å². The summed E-state index contributed by atoms with van der Waals surface area (Å²) >= 11 is 0. The Morgan fingerprint density at radius 2 is 1.63 bits per heavy atom. The molecule has 1 aliphatic carbocycles. The summed E-state index contributed by atoms with van der Waals surface area (Å²) < 4.78 is 17.4. The Labute approximate surface area is 332 Å². The number of hydrogen-bond donors (Lipinski definition) is 6. The molecule has 308 valence electrons. The molecule has 5 amide bonds. The summed E-state index contributed by atoms with van der Waals surface area (Å²) in [5.74, 6) is -1.65. The van der Waals surface area contributed by atoms with Crippen molar-refractivity contribution < 1.29 is 43.3 Å². The number of nitrogens with one attached hydrogen (secondary N) is 5. The van der Waals surface area contributed by atoms with Crippen molar-refractivity contribution in [2.24, 2.45) is 5.92 Å². The van der Waals surface area contributed by atoms with Crippen LogP contribution in [0.2, 0.25) is 0 Å². The number of methoxy groups -OCH3 is 2. The second-order valence-electron chi connectivity index (χ2n) is 14.9. The van der Waals surface area contributed by atoms with E-state index < -0.39 is 54.3 Å². The summed E-state index contributed by atoms with van der Waals surface area (Å²) in [5.41, 5.74) is 1.92. The van der Waals surface area contributed by atoms with Gasteiger partial charge in [-0.2, -0.15) is 5.10 Å². The average molecular weight is 790 g/mol. The Kier molecular flexibility index (Phi) is 14.9. The van der Waals surface area contributed by atoms with Gasteiger partial charge in [-0.1, -0.05) is 39.2 Å². The maximum atomic E-state index is 14.1. The van der Waals surface area contributed by atoms with E-state index in [4.69, 9.17) is 14.2 Å². The number of benzene rings is 2. The van der Waals surface area contributed by atoms with Crippen molar-refractivity contribution >= 4 is 29.5 Å². The number of aromatic nitrogens is 2. The molecule has 2 aliphatic rings. The van der Waals surface area contributed by atoms with Crippen molar-refractivity contribution in [2.45, 2.75) is 96.4 Å². The second kappa shape index (κ2) is 20.0. The van der Waals surface area contributed by atoms with Gasteiger partial charge in [0.2, 0.25) is 17.7 Å². The third kappa shape index (κ3) is 10.8. The molecule has 1 aromatic heterocycles. The molecule has 16 nitrogen and oxygen atoms in total. The summed E-state index contributed by atoms with van der Waals surface area (Å²) in [6, 6.07) is 7.40. The summed E-state index contributed by atoms with van der Waals surface area (Å²) in [6.07, 6.45) is 6.11. The summed E-state index contributed by atoms with van der Waals surface area (Å²) in [6.45, 7) is 4.80. The molecule has 0 spiro atoms. The topological polar surface area (TPSA) is 213 Å². The Hall–Kier alpha value is -5.64. The average Bonchev–Trinajstić information content (AvgIpc) is 3.70. The number of aromatic amines is 1. The quantitative estimate of drug-likeness (QED) is 0.214. The minimum Gasteiger partial charge on any atom is -0.496 e. The number of carbonyl (C=O) groups excluding carboxylic acids is 5. The predicted molar refractivity (Wildman–Crippen MR) is 210 cm³/mol. The van der Waals surface area contributed by atoms with Gasteiger partial charge in [-0.05, 0) is 68.9 Å². The number of nitrogens with zero attached hydrogens (tertiary/aromatic N) is 2. The first kappa shape index (κ1) is 42.5. The maximum Gasteiger partial charge on any atom is 0.257 e. The largest absolute Gasteiger partial charge is 0.496 e. The molecule has 2 aromatic carbocycles. The smallest absolute Gasteiger partial charge is 0.257 e. The van der Waals surface area contributed by atoms with Gasteiger partial charge in [-0.3, -0.25) is 29.1 Å². The van der Waals surface area contributed by atoms with Crippen LogP contribution in [0.4, 0.5) is 0 Å². The highest BCUT2D eigenvalue weighted by Gasteiger charge is 2.33. The molecule has 1 fully saturated rings. The van der Waals surface area contributed by atoms with Gasteiger partial charge in [-0.15, -0.1) is 0 Å². The molecule has 3 atom stereocenters. The van der Waals surface area contributed by atoms with Crippen LogP contribution in [-0.4, -0.2) is 102 Å². The molecule has 0 unspecified atom stereocenters. The van der Waals surface area contributed by atoms with E-state index in [1.165, 1.54) is 32.2 Å². The number of aliphatic hydroxyl groups is 1. The molecule has 5 rings (SSSR count). The highest BCUT2D eigenvalue weighted by atomic mass is 16.5. The highest BCUT2D eigenvalue weighted by molar-refractivity contribution is 5.98. The molecule has 0 saturated heterocycles. The van der Waals surface area contributed by atoms with Crippen LogP contribution in [-0.2, 0) is 20.9 Å². The number of ether oxygens (including phenoxy) is 3. The molecule has 16 heteroatoms. The maximum absolute atomic E-state index is 14.1. The van der Waals surface area contributed by atoms with E-state index in [0.29, 0.717) is 46.8 Å². The monoisotopic (exact) mass is 789 g/mol. The molecular formula is C41H55N7O9. The number of aliphatic hydroxyl groups excluding tert-OH is 1. The SMILES string of the molecule is COc1ccc2cc1Oc1cccc(OC)c1CNC(=O)[C@@H](C(C)C)NC(=O)[C@H]([C@@H](C)O)NC(=O)CN(C(=O)c1cn[nH]c1C1CCCCC1)CCCCNC2=O. The minimum atomic E-state index is -1.44. The first-order chi connectivity index (χ1) is 27.4. The molecular weight excluding hydrogens is 734 g/mol. The van der Waals surface area contributed by atoms with Crippen LogP contribution < -0.4 is 35.5 Å². The van der Waals surface area contributed by atoms with E-state index in [0.717, 1.165) is 37.8 Å². The van der Waals surface area contributed by atoms with Gasteiger partial charge in [0.1, 0.15) is 23.6 Å². The van der Waals surface area contributed by atoms with Crippen LogP contribution in [0.5, 0.6) is 23.0 Å². The zero-order valence-corrected chi connectivity index (χ0v) is 33.3. The molecule has 1 aliphatic heterocycles. The van der Waals surface area contributed by atoms with Crippen molar-refractivity contribution in [1.29, 1.82) is 0 Å². The van der Waals surface area contributed by atoms with Gasteiger partial charge in [-0.25, -0.2) is 0 Å². The van der Waals surface area contributed by atoms with Crippen molar-refractivity contribution in [1.82, 2.24) is 36.4 Å². The van der Waals surface area contributed by atoms with Gasteiger partial charge in [0.05, 0.1) is 56.4 Å². The van der Waals surface area contributed by atoms with Gasteiger partial charge in [0, 0.05) is 24.6 Å². The van der Waals surface area contributed by atoms with Crippen LogP contribution in [0.1, 0.15) is 104 Å². The Balaban J connectivity index is 1.45. The third-order valence-corrected chi connectivity index (χ3v) is 10.4. The lowest BCUT2D eigenvalue weighted by atomic mass is 9.85. The van der Waals surface area contributed by atoms with Crippen molar-refractivity contribution in [3.8, 4) is 23.0 Å². The number of rotatable bonds is 6. The van der Waals surface area contributed by atoms with E-state index in [9.17, 15) is 29.1 Å². The lowest BCUT2D eigenvalue weighted by Gasteiger charge is -2.28. The molecule has 0 radical (unpaired) electrons. The number of amides is 5. The minimum absolute atomic E-state index is 0.0701.